The second-order valence-electron chi connectivity index (χ2n) is 8.90. The molecule has 0 aliphatic carbocycles. The summed E-state index contributed by atoms with van der Waals surface area (Å²) in [6.45, 7) is 14.2. The van der Waals surface area contributed by atoms with E-state index in [9.17, 15) is 9.90 Å². The Hall–Kier alpha value is -3.31. The Balaban J connectivity index is 0.000000318. The third-order valence-corrected chi connectivity index (χ3v) is 5.18. The number of nitrogens with zero attached hydrogens (tertiary/aromatic N) is 1. The molecule has 0 fully saturated rings. The lowest BCUT2D eigenvalue weighted by Gasteiger charge is -2.09. The second kappa shape index (κ2) is 14.1. The standard InChI is InChI=1S/C15H16N2O.C12H16O.C2H7N/c1-10(2)11-5-6-14-12(8-11)9-15(17-14)13(16)4-3-7-18;1-8(2)10-5-6-11(9(3)4)12(13)7-10;1-3-2/h3-8,10,16H,9H2,1-2H3;5-8,13H,3H2,1-2,4H3;3H,1-2H3/b4-3-,16-13?;;. The van der Waals surface area contributed by atoms with Crippen LogP contribution in [-0.4, -0.2) is 36.9 Å². The fourth-order valence-electron chi connectivity index (χ4n) is 3.24. The van der Waals surface area contributed by atoms with Gasteiger partial charge in [-0.25, -0.2) is 0 Å². The molecule has 2 aromatic rings. The van der Waals surface area contributed by atoms with Gasteiger partial charge in [0.25, 0.3) is 0 Å². The molecule has 0 spiro atoms. The van der Waals surface area contributed by atoms with Crippen molar-refractivity contribution < 1.29 is 9.90 Å². The molecule has 5 nitrogen and oxygen atoms in total. The number of rotatable bonds is 6. The Kier molecular flexibility index (Phi) is 11.9. The molecule has 2 aromatic carbocycles. The van der Waals surface area contributed by atoms with Crippen LogP contribution in [0.3, 0.4) is 0 Å². The van der Waals surface area contributed by atoms with Crippen molar-refractivity contribution in [2.45, 2.75) is 52.9 Å². The Morgan fingerprint density at radius 2 is 1.65 bits per heavy atom. The number of phenols is 1. The number of carbonyl (C=O) groups is 1. The fourth-order valence-corrected chi connectivity index (χ4v) is 3.24. The summed E-state index contributed by atoms with van der Waals surface area (Å²) < 4.78 is 0. The zero-order valence-corrected chi connectivity index (χ0v) is 21.6. The van der Waals surface area contributed by atoms with Crippen LogP contribution < -0.4 is 5.32 Å². The quantitative estimate of drug-likeness (QED) is 0.257. The molecule has 0 saturated heterocycles. The highest BCUT2D eigenvalue weighted by Crippen LogP contribution is 2.30. The molecule has 0 radical (unpaired) electrons. The van der Waals surface area contributed by atoms with Crippen LogP contribution in [0.1, 0.15) is 68.7 Å². The molecule has 182 valence electrons. The molecule has 0 bridgehead atoms. The van der Waals surface area contributed by atoms with E-state index in [0.29, 0.717) is 36.0 Å². The molecule has 3 rings (SSSR count). The Labute approximate surface area is 204 Å². The van der Waals surface area contributed by atoms with E-state index in [1.165, 1.54) is 23.3 Å². The zero-order valence-electron chi connectivity index (χ0n) is 21.6. The first kappa shape index (κ1) is 28.7. The van der Waals surface area contributed by atoms with Crippen LogP contribution in [0.15, 0.2) is 60.1 Å². The largest absolute Gasteiger partial charge is 0.507 e. The normalized spacial score (nSPS) is 11.9. The lowest BCUT2D eigenvalue weighted by atomic mass is 9.98. The number of hydrogen-bond donors (Lipinski definition) is 3. The van der Waals surface area contributed by atoms with E-state index < -0.39 is 0 Å². The monoisotopic (exact) mass is 461 g/mol. The minimum Gasteiger partial charge on any atom is -0.507 e. The van der Waals surface area contributed by atoms with E-state index >= 15 is 0 Å². The molecule has 3 N–H and O–H groups in total. The minimum atomic E-state index is 0.310. The van der Waals surface area contributed by atoms with Crippen molar-refractivity contribution in [1.82, 2.24) is 5.32 Å². The summed E-state index contributed by atoms with van der Waals surface area (Å²) in [6.07, 6.45) is 4.17. The smallest absolute Gasteiger partial charge is 0.142 e. The second-order valence-corrected chi connectivity index (χ2v) is 8.90. The first-order chi connectivity index (χ1) is 16.0. The Morgan fingerprint density at radius 3 is 2.15 bits per heavy atom. The number of aromatic hydroxyl groups is 1. The maximum Gasteiger partial charge on any atom is 0.142 e. The molecule has 0 atom stereocenters. The maximum absolute atomic E-state index is 10.2. The highest BCUT2D eigenvalue weighted by molar-refractivity contribution is 6.47. The van der Waals surface area contributed by atoms with Gasteiger partial charge in [0.15, 0.2) is 0 Å². The van der Waals surface area contributed by atoms with Crippen LogP contribution >= 0.6 is 0 Å². The van der Waals surface area contributed by atoms with Crippen LogP contribution in [0.25, 0.3) is 5.57 Å². The molecule has 1 heterocycles. The fraction of sp³-hybridized carbons (Fsp3) is 0.345. The SMILES string of the molecule is C=C(C)c1ccc(C(C)C)cc1O.CC(C)c1ccc2c(c1)CC(C(=N)/C=C\C=O)=N2.CNC. The molecule has 34 heavy (non-hydrogen) atoms. The van der Waals surface area contributed by atoms with Gasteiger partial charge in [0, 0.05) is 12.0 Å². The Bertz CT molecular complexity index is 1060. The number of fused-ring (bicyclic) bond motifs is 1. The van der Waals surface area contributed by atoms with Gasteiger partial charge in [-0.1, -0.05) is 58.5 Å². The van der Waals surface area contributed by atoms with Gasteiger partial charge in [-0.05, 0) is 79.4 Å². The van der Waals surface area contributed by atoms with Crippen LogP contribution in [0.5, 0.6) is 5.75 Å². The third kappa shape index (κ3) is 8.56. The number of nitrogens with one attached hydrogen (secondary N) is 2. The number of carbonyl (C=O) groups excluding carboxylic acids is 1. The number of aldehydes is 1. The van der Waals surface area contributed by atoms with Gasteiger partial charge in [0.2, 0.25) is 0 Å². The maximum atomic E-state index is 10.2. The van der Waals surface area contributed by atoms with Gasteiger partial charge in [0.05, 0.1) is 17.1 Å². The van der Waals surface area contributed by atoms with Crippen LogP contribution in [0.2, 0.25) is 0 Å². The van der Waals surface area contributed by atoms with Crippen LogP contribution in [0.4, 0.5) is 5.69 Å². The van der Waals surface area contributed by atoms with Gasteiger partial charge >= 0.3 is 0 Å². The average Bonchev–Trinajstić information content (AvgIpc) is 3.21. The third-order valence-electron chi connectivity index (χ3n) is 5.18. The number of benzene rings is 2. The van der Waals surface area contributed by atoms with Crippen molar-refractivity contribution in [3.63, 3.8) is 0 Å². The van der Waals surface area contributed by atoms with E-state index in [2.05, 4.69) is 56.7 Å². The van der Waals surface area contributed by atoms with E-state index in [4.69, 9.17) is 5.41 Å². The summed E-state index contributed by atoms with van der Waals surface area (Å²) in [4.78, 5) is 14.7. The number of allylic oxidation sites excluding steroid dienone is 3. The topological polar surface area (TPSA) is 85.5 Å². The van der Waals surface area contributed by atoms with E-state index in [1.807, 2.05) is 45.3 Å². The van der Waals surface area contributed by atoms with Gasteiger partial charge < -0.3 is 10.4 Å². The molecular weight excluding hydrogens is 422 g/mol. The summed E-state index contributed by atoms with van der Waals surface area (Å²) in [5.41, 5.74) is 7.33. The van der Waals surface area contributed by atoms with E-state index in [-0.39, 0.29) is 0 Å². The van der Waals surface area contributed by atoms with Gasteiger partial charge in [0.1, 0.15) is 12.0 Å². The summed E-state index contributed by atoms with van der Waals surface area (Å²) in [5, 5.41) is 20.2. The predicted octanol–water partition coefficient (Wildman–Crippen LogP) is 6.60. The predicted molar refractivity (Wildman–Crippen MR) is 146 cm³/mol. The van der Waals surface area contributed by atoms with E-state index in [0.717, 1.165) is 28.1 Å². The average molecular weight is 462 g/mol. The molecule has 1 aliphatic rings. The zero-order chi connectivity index (χ0) is 25.8. The van der Waals surface area contributed by atoms with Gasteiger partial charge in [-0.2, -0.15) is 0 Å². The van der Waals surface area contributed by atoms with Crippen LogP contribution in [-0.2, 0) is 11.2 Å². The minimum absolute atomic E-state index is 0.310. The number of hydrogen-bond acceptors (Lipinski definition) is 5. The molecule has 0 amide bonds. The lowest BCUT2D eigenvalue weighted by molar-refractivity contribution is -0.104. The highest BCUT2D eigenvalue weighted by Gasteiger charge is 2.17. The summed E-state index contributed by atoms with van der Waals surface area (Å²) in [6, 6.07) is 12.0. The van der Waals surface area contributed by atoms with Gasteiger partial charge in [-0.15, -0.1) is 0 Å². The van der Waals surface area contributed by atoms with Crippen molar-refractivity contribution in [3.05, 3.63) is 77.4 Å². The molecule has 1 aliphatic heterocycles. The van der Waals surface area contributed by atoms with Crippen molar-refractivity contribution in [2.75, 3.05) is 14.1 Å². The number of aliphatic imine (C=N–C) groups is 1. The van der Waals surface area contributed by atoms with Crippen molar-refractivity contribution >= 4 is 29.0 Å². The molecule has 0 unspecified atom stereocenters. The summed E-state index contributed by atoms with van der Waals surface area (Å²) in [7, 11) is 3.75. The summed E-state index contributed by atoms with van der Waals surface area (Å²) in [5.74, 6) is 1.28. The lowest BCUT2D eigenvalue weighted by Crippen LogP contribution is -2.10. The van der Waals surface area contributed by atoms with E-state index in [1.54, 1.807) is 0 Å². The van der Waals surface area contributed by atoms with Crippen molar-refractivity contribution in [3.8, 4) is 5.75 Å². The first-order valence-corrected chi connectivity index (χ1v) is 11.5. The molecule has 5 heteroatoms. The first-order valence-electron chi connectivity index (χ1n) is 11.5. The molecular formula is C29H39N3O2. The highest BCUT2D eigenvalue weighted by atomic mass is 16.3. The molecule has 0 saturated carbocycles. The molecule has 0 aromatic heterocycles. The van der Waals surface area contributed by atoms with Crippen molar-refractivity contribution in [2.24, 2.45) is 4.99 Å². The number of phenolic OH excluding ortho intramolecular Hbond substituents is 1. The summed E-state index contributed by atoms with van der Waals surface area (Å²) >= 11 is 0. The van der Waals surface area contributed by atoms with Crippen molar-refractivity contribution in [1.29, 1.82) is 5.41 Å². The van der Waals surface area contributed by atoms with Crippen LogP contribution in [0, 0.1) is 5.41 Å². The Morgan fingerprint density at radius 1 is 1.09 bits per heavy atom. The van der Waals surface area contributed by atoms with Gasteiger partial charge in [-0.3, -0.25) is 15.2 Å².